The van der Waals surface area contributed by atoms with E-state index in [2.05, 4.69) is 59.4 Å². The first-order valence-electron chi connectivity index (χ1n) is 8.16. The summed E-state index contributed by atoms with van der Waals surface area (Å²) >= 11 is 0. The summed E-state index contributed by atoms with van der Waals surface area (Å²) in [6.45, 7) is 6.50. The van der Waals surface area contributed by atoms with Crippen LogP contribution in [-0.4, -0.2) is 11.2 Å². The number of nitrogens with zero attached hydrogens (tertiary/aromatic N) is 2. The van der Waals surface area contributed by atoms with Crippen LogP contribution >= 0.6 is 0 Å². The first-order chi connectivity index (χ1) is 11.2. The minimum atomic E-state index is 0. The van der Waals surface area contributed by atoms with Crippen molar-refractivity contribution in [3.63, 3.8) is 0 Å². The van der Waals surface area contributed by atoms with Gasteiger partial charge in [-0.2, -0.15) is 0 Å². The zero-order valence-electron chi connectivity index (χ0n) is 14.2. The summed E-state index contributed by atoms with van der Waals surface area (Å²) in [5, 5.41) is 0. The molecule has 0 aliphatic rings. The second-order valence-corrected chi connectivity index (χ2v) is 5.81. The lowest BCUT2D eigenvalue weighted by molar-refractivity contribution is -0.657. The number of aryl methyl sites for hydroxylation is 2. The molecule has 1 aromatic heterocycles. The van der Waals surface area contributed by atoms with E-state index in [0.717, 1.165) is 36.7 Å². The number of hydrogen-bond donors (Lipinski definition) is 1. The Kier molecular flexibility index (Phi) is 6.26. The van der Waals surface area contributed by atoms with Crippen molar-refractivity contribution in [1.82, 2.24) is 4.57 Å². The summed E-state index contributed by atoms with van der Waals surface area (Å²) in [7, 11) is 0. The van der Waals surface area contributed by atoms with Gasteiger partial charge in [-0.25, -0.2) is 9.13 Å². The third kappa shape index (κ3) is 3.73. The highest BCUT2D eigenvalue weighted by atomic mass is 79.9. The van der Waals surface area contributed by atoms with Crippen molar-refractivity contribution in [2.24, 2.45) is 0 Å². The fourth-order valence-electron chi connectivity index (χ4n) is 2.90. The number of benzene rings is 2. The number of aromatic nitrogens is 2. The minimum absolute atomic E-state index is 0. The molecule has 1 heterocycles. The van der Waals surface area contributed by atoms with Crippen molar-refractivity contribution in [2.45, 2.75) is 33.4 Å². The summed E-state index contributed by atoms with van der Waals surface area (Å²) in [5.74, 6) is 1.69. The first kappa shape index (κ1) is 18.3. The van der Waals surface area contributed by atoms with Crippen LogP contribution in [0.3, 0.4) is 0 Å². The van der Waals surface area contributed by atoms with E-state index in [1.54, 1.807) is 0 Å². The summed E-state index contributed by atoms with van der Waals surface area (Å²) in [4.78, 5) is 0. The quantitative estimate of drug-likeness (QED) is 0.616. The highest BCUT2D eigenvalue weighted by Crippen LogP contribution is 2.17. The molecule has 0 atom stereocenters. The van der Waals surface area contributed by atoms with Gasteiger partial charge in [0.25, 0.3) is 0 Å². The van der Waals surface area contributed by atoms with Crippen LogP contribution in [-0.2, 0) is 13.1 Å². The van der Waals surface area contributed by atoms with Gasteiger partial charge in [-0.15, -0.1) is 0 Å². The monoisotopic (exact) mass is 389 g/mol. The molecule has 3 aromatic rings. The van der Waals surface area contributed by atoms with Crippen LogP contribution < -0.4 is 32.0 Å². The van der Waals surface area contributed by atoms with Gasteiger partial charge in [0, 0.05) is 0 Å². The Morgan fingerprint density at radius 2 is 1.79 bits per heavy atom. The smallest absolute Gasteiger partial charge is 0.356 e. The molecule has 3 rings (SSSR count). The number of hydrogen-bond acceptors (Lipinski definition) is 2. The molecule has 0 saturated heterocycles. The molecule has 4 nitrogen and oxygen atoms in total. The fourth-order valence-corrected chi connectivity index (χ4v) is 2.90. The zero-order valence-corrected chi connectivity index (χ0v) is 15.8. The molecule has 0 spiro atoms. The second kappa shape index (κ2) is 8.20. The van der Waals surface area contributed by atoms with Gasteiger partial charge in [-0.05, 0) is 37.6 Å². The Morgan fingerprint density at radius 3 is 2.50 bits per heavy atom. The lowest BCUT2D eigenvalue weighted by Crippen LogP contribution is -3.00. The van der Waals surface area contributed by atoms with Crippen LogP contribution in [0.1, 0.15) is 18.9 Å². The lowest BCUT2D eigenvalue weighted by atomic mass is 10.2. The SMILES string of the molecule is CCC[n+]1c(N)n(CCOc2ccc(C)cc2)c2ccccc21.[Br-]. The molecule has 2 aromatic carbocycles. The van der Waals surface area contributed by atoms with Crippen LogP contribution in [0.15, 0.2) is 48.5 Å². The molecule has 128 valence electrons. The van der Waals surface area contributed by atoms with Gasteiger partial charge in [0.15, 0.2) is 0 Å². The maximum absolute atomic E-state index is 6.37. The summed E-state index contributed by atoms with van der Waals surface area (Å²) in [6, 6.07) is 16.5. The third-order valence-corrected chi connectivity index (χ3v) is 4.07. The molecule has 2 N–H and O–H groups in total. The van der Waals surface area contributed by atoms with Crippen LogP contribution in [0.5, 0.6) is 5.75 Å². The third-order valence-electron chi connectivity index (χ3n) is 4.07. The van der Waals surface area contributed by atoms with Crippen molar-refractivity contribution in [3.05, 3.63) is 54.1 Å². The Morgan fingerprint density at radius 1 is 1.08 bits per heavy atom. The lowest BCUT2D eigenvalue weighted by Gasteiger charge is -2.06. The standard InChI is InChI=1S/C19H23N3O.BrH/c1-3-12-21-17-6-4-5-7-18(17)22(19(21)20)13-14-23-16-10-8-15(2)9-11-16;/h4-11,20H,3,12-14H2,1-2H3;1H. The number of imidazole rings is 1. The van der Waals surface area contributed by atoms with Crippen molar-refractivity contribution in [3.8, 4) is 5.75 Å². The summed E-state index contributed by atoms with van der Waals surface area (Å²) in [6.07, 6.45) is 1.06. The van der Waals surface area contributed by atoms with E-state index in [4.69, 9.17) is 10.5 Å². The first-order valence-corrected chi connectivity index (χ1v) is 8.16. The Labute approximate surface area is 153 Å². The van der Waals surface area contributed by atoms with Gasteiger partial charge in [0.05, 0.1) is 6.54 Å². The highest BCUT2D eigenvalue weighted by Gasteiger charge is 2.19. The minimum Gasteiger partial charge on any atom is -1.00 e. The summed E-state index contributed by atoms with van der Waals surface area (Å²) < 4.78 is 10.2. The number of nitrogen functional groups attached to an aromatic ring is 1. The summed E-state index contributed by atoms with van der Waals surface area (Å²) in [5.41, 5.74) is 9.95. The largest absolute Gasteiger partial charge is 1.00 e. The Bertz CT molecular complexity index is 796. The van der Waals surface area contributed by atoms with E-state index in [1.807, 2.05) is 12.1 Å². The van der Waals surface area contributed by atoms with Crippen molar-refractivity contribution in [2.75, 3.05) is 12.3 Å². The Balaban J connectivity index is 0.00000208. The maximum Gasteiger partial charge on any atom is 0.356 e. The zero-order chi connectivity index (χ0) is 16.2. The number of nitrogens with two attached hydrogens (primary N) is 1. The van der Waals surface area contributed by atoms with E-state index >= 15 is 0 Å². The highest BCUT2D eigenvalue weighted by molar-refractivity contribution is 5.73. The molecule has 5 heteroatoms. The average molecular weight is 390 g/mol. The van der Waals surface area contributed by atoms with Crippen LogP contribution in [0.25, 0.3) is 11.0 Å². The van der Waals surface area contributed by atoms with Crippen molar-refractivity contribution in [1.29, 1.82) is 0 Å². The predicted octanol–water partition coefficient (Wildman–Crippen LogP) is 0.312. The number of fused-ring (bicyclic) bond motifs is 1. The molecule has 0 unspecified atom stereocenters. The number of ether oxygens (including phenoxy) is 1. The van der Waals surface area contributed by atoms with E-state index in [9.17, 15) is 0 Å². The van der Waals surface area contributed by atoms with Gasteiger partial charge < -0.3 is 21.7 Å². The van der Waals surface area contributed by atoms with Gasteiger partial charge in [0.1, 0.15) is 29.9 Å². The van der Waals surface area contributed by atoms with Crippen LogP contribution in [0.4, 0.5) is 5.95 Å². The molecule has 0 radical (unpaired) electrons. The van der Waals surface area contributed by atoms with Crippen molar-refractivity contribution < 1.29 is 26.3 Å². The van der Waals surface area contributed by atoms with E-state index < -0.39 is 0 Å². The van der Waals surface area contributed by atoms with Crippen LogP contribution in [0.2, 0.25) is 0 Å². The molecular formula is C19H24BrN3O. The predicted molar refractivity (Wildman–Crippen MR) is 93.5 cm³/mol. The van der Waals surface area contributed by atoms with Crippen LogP contribution in [0, 0.1) is 6.92 Å². The van der Waals surface area contributed by atoms with Gasteiger partial charge in [-0.1, -0.05) is 36.8 Å². The van der Waals surface area contributed by atoms with E-state index in [0.29, 0.717) is 6.61 Å². The molecule has 0 amide bonds. The number of rotatable bonds is 6. The topological polar surface area (TPSA) is 44.1 Å². The molecule has 0 fully saturated rings. The van der Waals surface area contributed by atoms with Gasteiger partial charge in [0.2, 0.25) is 0 Å². The normalized spacial score (nSPS) is 10.6. The molecule has 24 heavy (non-hydrogen) atoms. The van der Waals surface area contributed by atoms with E-state index in [1.165, 1.54) is 11.1 Å². The molecular weight excluding hydrogens is 366 g/mol. The molecule has 0 aliphatic heterocycles. The van der Waals surface area contributed by atoms with Gasteiger partial charge >= 0.3 is 5.95 Å². The number of para-hydroxylation sites is 2. The van der Waals surface area contributed by atoms with E-state index in [-0.39, 0.29) is 17.0 Å². The average Bonchev–Trinajstić information content (AvgIpc) is 2.83. The maximum atomic E-state index is 6.37. The number of halogens is 1. The molecule has 0 saturated carbocycles. The second-order valence-electron chi connectivity index (χ2n) is 5.81. The number of anilines is 1. The fraction of sp³-hybridized carbons (Fsp3) is 0.316. The molecule has 0 aliphatic carbocycles. The van der Waals surface area contributed by atoms with Gasteiger partial charge in [-0.3, -0.25) is 5.73 Å². The Hall–Kier alpha value is -2.01. The molecule has 0 bridgehead atoms. The van der Waals surface area contributed by atoms with Crippen molar-refractivity contribution >= 4 is 17.0 Å².